The van der Waals surface area contributed by atoms with Crippen LogP contribution in [0.1, 0.15) is 18.4 Å². The van der Waals surface area contributed by atoms with Gasteiger partial charge in [0.15, 0.2) is 0 Å². The fraction of sp³-hybridized carbons (Fsp3) is 0.364. The van der Waals surface area contributed by atoms with E-state index in [4.69, 9.17) is 0 Å². The molecule has 4 heteroatoms. The molecule has 80 valence electrons. The number of rotatable bonds is 3. The van der Waals surface area contributed by atoms with Gasteiger partial charge in [-0.15, -0.1) is 0 Å². The normalized spacial score (nSPS) is 11.1. The fourth-order valence-corrected chi connectivity index (χ4v) is 1.70. The lowest BCUT2D eigenvalue weighted by atomic mass is 10.3. The first-order valence-electron chi connectivity index (χ1n) is 5.06. The number of imidazole rings is 1. The Morgan fingerprint density at radius 3 is 3.07 bits per heavy atom. The SMILES string of the molecule is CCNCc1nc(C)n2cccc(F)c12. The second kappa shape index (κ2) is 3.98. The van der Waals surface area contributed by atoms with Gasteiger partial charge in [-0.3, -0.25) is 0 Å². The summed E-state index contributed by atoms with van der Waals surface area (Å²) in [5.41, 5.74) is 1.35. The van der Waals surface area contributed by atoms with Gasteiger partial charge in [-0.2, -0.15) is 0 Å². The molecule has 2 rings (SSSR count). The Hall–Kier alpha value is -1.42. The predicted octanol–water partition coefficient (Wildman–Crippen LogP) is 1.89. The quantitative estimate of drug-likeness (QED) is 0.832. The van der Waals surface area contributed by atoms with Crippen LogP contribution in [0.25, 0.3) is 5.52 Å². The van der Waals surface area contributed by atoms with E-state index >= 15 is 0 Å². The maximum Gasteiger partial charge on any atom is 0.149 e. The van der Waals surface area contributed by atoms with E-state index in [0.29, 0.717) is 12.1 Å². The van der Waals surface area contributed by atoms with Crippen molar-refractivity contribution in [1.82, 2.24) is 14.7 Å². The summed E-state index contributed by atoms with van der Waals surface area (Å²) in [5.74, 6) is 0.600. The third kappa shape index (κ3) is 1.72. The number of halogens is 1. The molecule has 0 atom stereocenters. The molecule has 0 aromatic carbocycles. The minimum Gasteiger partial charge on any atom is -0.311 e. The molecule has 0 unspecified atom stereocenters. The Morgan fingerprint density at radius 1 is 1.53 bits per heavy atom. The molecule has 0 aliphatic rings. The zero-order valence-electron chi connectivity index (χ0n) is 8.92. The molecule has 0 saturated heterocycles. The van der Waals surface area contributed by atoms with Gasteiger partial charge in [0, 0.05) is 12.7 Å². The topological polar surface area (TPSA) is 29.3 Å². The molecular weight excluding hydrogens is 193 g/mol. The number of pyridine rings is 1. The molecule has 3 nitrogen and oxygen atoms in total. The smallest absolute Gasteiger partial charge is 0.149 e. The van der Waals surface area contributed by atoms with Gasteiger partial charge in [0.1, 0.15) is 17.2 Å². The van der Waals surface area contributed by atoms with Crippen LogP contribution in [0.15, 0.2) is 18.3 Å². The van der Waals surface area contributed by atoms with Gasteiger partial charge in [0.05, 0.1) is 5.69 Å². The molecule has 0 amide bonds. The number of hydrogen-bond acceptors (Lipinski definition) is 2. The van der Waals surface area contributed by atoms with Crippen LogP contribution in [0.3, 0.4) is 0 Å². The summed E-state index contributed by atoms with van der Waals surface area (Å²) >= 11 is 0. The molecule has 1 N–H and O–H groups in total. The second-order valence-corrected chi connectivity index (χ2v) is 3.46. The van der Waals surface area contributed by atoms with E-state index in [1.54, 1.807) is 10.5 Å². The summed E-state index contributed by atoms with van der Waals surface area (Å²) in [6, 6.07) is 3.15. The first kappa shape index (κ1) is 10.1. The number of aromatic nitrogens is 2. The van der Waals surface area contributed by atoms with Crippen LogP contribution < -0.4 is 5.32 Å². The third-order valence-electron chi connectivity index (χ3n) is 2.41. The lowest BCUT2D eigenvalue weighted by Gasteiger charge is -2.00. The minimum absolute atomic E-state index is 0.217. The van der Waals surface area contributed by atoms with Crippen LogP contribution >= 0.6 is 0 Å². The third-order valence-corrected chi connectivity index (χ3v) is 2.41. The van der Waals surface area contributed by atoms with Gasteiger partial charge >= 0.3 is 0 Å². The van der Waals surface area contributed by atoms with Crippen molar-refractivity contribution >= 4 is 5.52 Å². The Balaban J connectivity index is 2.54. The standard InChI is InChI=1S/C11H14FN3/c1-3-13-7-10-11-9(12)5-4-6-15(11)8(2)14-10/h4-6,13H,3,7H2,1-2H3. The van der Waals surface area contributed by atoms with Gasteiger partial charge in [-0.05, 0) is 25.6 Å². The molecular formula is C11H14FN3. The van der Waals surface area contributed by atoms with Crippen molar-refractivity contribution in [3.8, 4) is 0 Å². The molecule has 2 heterocycles. The molecule has 15 heavy (non-hydrogen) atoms. The highest BCUT2D eigenvalue weighted by Gasteiger charge is 2.11. The van der Waals surface area contributed by atoms with Crippen molar-refractivity contribution in [3.63, 3.8) is 0 Å². The van der Waals surface area contributed by atoms with Crippen molar-refractivity contribution < 1.29 is 4.39 Å². The van der Waals surface area contributed by atoms with Crippen LogP contribution in [0.5, 0.6) is 0 Å². The molecule has 2 aromatic heterocycles. The summed E-state index contributed by atoms with van der Waals surface area (Å²) in [6.07, 6.45) is 1.83. The van der Waals surface area contributed by atoms with Crippen LogP contribution in [-0.4, -0.2) is 15.9 Å². The monoisotopic (exact) mass is 207 g/mol. The van der Waals surface area contributed by atoms with Crippen molar-refractivity contribution in [3.05, 3.63) is 35.7 Å². The first-order valence-corrected chi connectivity index (χ1v) is 5.06. The summed E-state index contributed by atoms with van der Waals surface area (Å²) < 4.78 is 15.4. The highest BCUT2D eigenvalue weighted by molar-refractivity contribution is 5.54. The summed E-state index contributed by atoms with van der Waals surface area (Å²) in [6.45, 7) is 5.35. The Kier molecular flexibility index (Phi) is 2.68. The van der Waals surface area contributed by atoms with E-state index in [1.807, 2.05) is 20.0 Å². The van der Waals surface area contributed by atoms with E-state index in [-0.39, 0.29) is 5.82 Å². The Labute approximate surface area is 87.9 Å². The molecule has 0 aliphatic heterocycles. The van der Waals surface area contributed by atoms with Crippen molar-refractivity contribution in [2.75, 3.05) is 6.54 Å². The van der Waals surface area contributed by atoms with Crippen LogP contribution in [0.4, 0.5) is 4.39 Å². The van der Waals surface area contributed by atoms with E-state index in [1.165, 1.54) is 6.07 Å². The predicted molar refractivity (Wildman–Crippen MR) is 57.3 cm³/mol. The zero-order chi connectivity index (χ0) is 10.8. The first-order chi connectivity index (χ1) is 7.24. The zero-order valence-corrected chi connectivity index (χ0v) is 8.92. The van der Waals surface area contributed by atoms with E-state index in [0.717, 1.165) is 18.1 Å². The fourth-order valence-electron chi connectivity index (χ4n) is 1.70. The van der Waals surface area contributed by atoms with E-state index < -0.39 is 0 Å². The van der Waals surface area contributed by atoms with Crippen LogP contribution in [0, 0.1) is 12.7 Å². The summed E-state index contributed by atoms with van der Waals surface area (Å²) in [7, 11) is 0. The minimum atomic E-state index is -0.217. The molecule has 0 radical (unpaired) electrons. The maximum atomic E-state index is 13.6. The highest BCUT2D eigenvalue weighted by Crippen LogP contribution is 2.16. The number of nitrogens with zero attached hydrogens (tertiary/aromatic N) is 2. The largest absolute Gasteiger partial charge is 0.311 e. The van der Waals surface area contributed by atoms with Gasteiger partial charge < -0.3 is 9.72 Å². The molecule has 0 fully saturated rings. The second-order valence-electron chi connectivity index (χ2n) is 3.46. The number of hydrogen-bond donors (Lipinski definition) is 1. The highest BCUT2D eigenvalue weighted by atomic mass is 19.1. The number of fused-ring (bicyclic) bond motifs is 1. The number of nitrogens with one attached hydrogen (secondary N) is 1. The van der Waals surface area contributed by atoms with Gasteiger partial charge in [0.2, 0.25) is 0 Å². The molecule has 2 aromatic rings. The Bertz CT molecular complexity index is 476. The lowest BCUT2D eigenvalue weighted by Crippen LogP contribution is -2.12. The van der Waals surface area contributed by atoms with Crippen molar-refractivity contribution in [2.24, 2.45) is 0 Å². The summed E-state index contributed by atoms with van der Waals surface area (Å²) in [5, 5.41) is 3.15. The lowest BCUT2D eigenvalue weighted by molar-refractivity contribution is 0.629. The van der Waals surface area contributed by atoms with Crippen molar-refractivity contribution in [2.45, 2.75) is 20.4 Å². The molecule has 0 spiro atoms. The van der Waals surface area contributed by atoms with Gasteiger partial charge in [-0.25, -0.2) is 9.37 Å². The van der Waals surface area contributed by atoms with E-state index in [2.05, 4.69) is 10.3 Å². The van der Waals surface area contributed by atoms with Crippen LogP contribution in [0.2, 0.25) is 0 Å². The number of aryl methyl sites for hydroxylation is 1. The average Bonchev–Trinajstić information content (AvgIpc) is 2.55. The average molecular weight is 207 g/mol. The summed E-state index contributed by atoms with van der Waals surface area (Å²) in [4.78, 5) is 4.35. The molecule has 0 bridgehead atoms. The Morgan fingerprint density at radius 2 is 2.33 bits per heavy atom. The van der Waals surface area contributed by atoms with Gasteiger partial charge in [-0.1, -0.05) is 6.92 Å². The maximum absolute atomic E-state index is 13.6. The molecule has 0 aliphatic carbocycles. The van der Waals surface area contributed by atoms with Crippen LogP contribution in [-0.2, 0) is 6.54 Å². The molecule has 0 saturated carbocycles. The van der Waals surface area contributed by atoms with Crippen molar-refractivity contribution in [1.29, 1.82) is 0 Å². The van der Waals surface area contributed by atoms with E-state index in [9.17, 15) is 4.39 Å². The van der Waals surface area contributed by atoms with Gasteiger partial charge in [0.25, 0.3) is 0 Å².